The molecule has 0 aliphatic rings. The van der Waals surface area contributed by atoms with Gasteiger partial charge >= 0.3 is 5.97 Å². The minimum Gasteiger partial charge on any atom is -0.465 e. The third-order valence-corrected chi connectivity index (χ3v) is 6.39. The number of carbonyl (C=O) groups excluding carboxylic acids is 2. The van der Waals surface area contributed by atoms with E-state index < -0.39 is 15.8 Å². The number of ether oxygens (including phenoxy) is 1. The van der Waals surface area contributed by atoms with Crippen LogP contribution >= 0.6 is 0 Å². The minimum atomic E-state index is -3.27. The summed E-state index contributed by atoms with van der Waals surface area (Å²) < 4.78 is 29.9. The molecule has 0 bridgehead atoms. The number of nitrogens with zero attached hydrogens (tertiary/aromatic N) is 2. The van der Waals surface area contributed by atoms with E-state index in [9.17, 15) is 18.0 Å². The molecular formula is C22H24N2O5S. The number of likely N-dealkylation sites (N-methyl/N-ethyl adjacent to an activating group) is 1. The van der Waals surface area contributed by atoms with Crippen LogP contribution in [0.1, 0.15) is 28.9 Å². The Labute approximate surface area is 175 Å². The number of amides is 1. The molecule has 0 aliphatic carbocycles. The first-order valence-electron chi connectivity index (χ1n) is 9.35. The molecule has 2 aromatic carbocycles. The molecule has 1 atom stereocenters. The van der Waals surface area contributed by atoms with Gasteiger partial charge in [0.1, 0.15) is 6.54 Å². The quantitative estimate of drug-likeness (QED) is 0.564. The SMILES string of the molecule is COC(=O)c1cn(CC(=O)N(C)[C@H](C)c2ccc(S(C)(=O)=O)cc2)c2ccccc12. The van der Waals surface area contributed by atoms with Gasteiger partial charge in [0.15, 0.2) is 9.84 Å². The highest BCUT2D eigenvalue weighted by Crippen LogP contribution is 2.24. The molecule has 3 aromatic rings. The number of para-hydroxylation sites is 1. The lowest BCUT2D eigenvalue weighted by Crippen LogP contribution is -2.32. The standard InChI is InChI=1S/C22H24N2O5S/c1-15(16-9-11-17(12-10-16)30(4,27)28)23(2)21(25)14-24-13-19(22(26)29-3)18-7-5-6-8-20(18)24/h5-13,15H,14H2,1-4H3/t15-/m1/s1. The molecule has 1 amide bonds. The van der Waals surface area contributed by atoms with Crippen molar-refractivity contribution in [3.05, 3.63) is 65.9 Å². The van der Waals surface area contributed by atoms with Crippen molar-refractivity contribution in [3.63, 3.8) is 0 Å². The van der Waals surface area contributed by atoms with Crippen LogP contribution in [-0.4, -0.2) is 50.2 Å². The summed E-state index contributed by atoms with van der Waals surface area (Å²) in [5, 5.41) is 0.726. The van der Waals surface area contributed by atoms with Crippen LogP contribution in [0.2, 0.25) is 0 Å². The normalized spacial score (nSPS) is 12.5. The molecule has 158 valence electrons. The van der Waals surface area contributed by atoms with Gasteiger partial charge in [-0.1, -0.05) is 30.3 Å². The molecule has 0 aliphatic heterocycles. The van der Waals surface area contributed by atoms with E-state index >= 15 is 0 Å². The van der Waals surface area contributed by atoms with Crippen LogP contribution in [0.4, 0.5) is 0 Å². The zero-order valence-electron chi connectivity index (χ0n) is 17.3. The summed E-state index contributed by atoms with van der Waals surface area (Å²) in [4.78, 5) is 26.9. The maximum absolute atomic E-state index is 12.9. The molecule has 1 aromatic heterocycles. The zero-order valence-corrected chi connectivity index (χ0v) is 18.1. The van der Waals surface area contributed by atoms with Gasteiger partial charge in [-0.25, -0.2) is 13.2 Å². The predicted octanol–water partition coefficient (Wildman–Crippen LogP) is 3.05. The average Bonchev–Trinajstić information content (AvgIpc) is 3.10. The Bertz CT molecular complexity index is 1200. The molecule has 0 saturated heterocycles. The van der Waals surface area contributed by atoms with Gasteiger partial charge in [-0.3, -0.25) is 4.79 Å². The molecule has 30 heavy (non-hydrogen) atoms. The monoisotopic (exact) mass is 428 g/mol. The number of fused-ring (bicyclic) bond motifs is 1. The summed E-state index contributed by atoms with van der Waals surface area (Å²) in [6.45, 7) is 1.93. The summed E-state index contributed by atoms with van der Waals surface area (Å²) in [7, 11) is -0.250. The van der Waals surface area contributed by atoms with E-state index in [-0.39, 0.29) is 23.4 Å². The van der Waals surface area contributed by atoms with Gasteiger partial charge in [0.05, 0.1) is 23.6 Å². The van der Waals surface area contributed by atoms with Crippen molar-refractivity contribution in [2.24, 2.45) is 0 Å². The number of hydrogen-bond acceptors (Lipinski definition) is 5. The Hall–Kier alpha value is -3.13. The fourth-order valence-corrected chi connectivity index (χ4v) is 3.97. The molecule has 0 spiro atoms. The number of methoxy groups -OCH3 is 1. The second-order valence-electron chi connectivity index (χ2n) is 7.20. The molecule has 0 radical (unpaired) electrons. The van der Waals surface area contributed by atoms with Crippen molar-refractivity contribution in [2.75, 3.05) is 20.4 Å². The molecule has 0 unspecified atom stereocenters. The van der Waals surface area contributed by atoms with E-state index in [2.05, 4.69) is 0 Å². The molecule has 3 rings (SSSR count). The van der Waals surface area contributed by atoms with Crippen molar-refractivity contribution in [3.8, 4) is 0 Å². The number of benzene rings is 2. The van der Waals surface area contributed by atoms with Gasteiger partial charge in [0, 0.05) is 30.4 Å². The van der Waals surface area contributed by atoms with Crippen LogP contribution in [0.3, 0.4) is 0 Å². The van der Waals surface area contributed by atoms with E-state index in [1.165, 1.54) is 7.11 Å². The molecule has 7 nitrogen and oxygen atoms in total. The molecule has 1 heterocycles. The van der Waals surface area contributed by atoms with Crippen LogP contribution in [0.25, 0.3) is 10.9 Å². The lowest BCUT2D eigenvalue weighted by molar-refractivity contribution is -0.132. The summed E-state index contributed by atoms with van der Waals surface area (Å²) in [6.07, 6.45) is 2.79. The summed E-state index contributed by atoms with van der Waals surface area (Å²) >= 11 is 0. The van der Waals surface area contributed by atoms with E-state index in [0.29, 0.717) is 5.56 Å². The van der Waals surface area contributed by atoms with E-state index in [4.69, 9.17) is 4.74 Å². The van der Waals surface area contributed by atoms with Crippen molar-refractivity contribution in [2.45, 2.75) is 24.4 Å². The maximum Gasteiger partial charge on any atom is 0.340 e. The molecule has 0 N–H and O–H groups in total. The first-order chi connectivity index (χ1) is 14.1. The first kappa shape index (κ1) is 21.6. The van der Waals surface area contributed by atoms with Crippen molar-refractivity contribution >= 4 is 32.6 Å². The fourth-order valence-electron chi connectivity index (χ4n) is 3.34. The fraction of sp³-hybridized carbons (Fsp3) is 0.273. The number of aromatic nitrogens is 1. The number of sulfone groups is 1. The van der Waals surface area contributed by atoms with Crippen LogP contribution in [-0.2, 0) is 25.9 Å². The third kappa shape index (κ3) is 4.23. The number of hydrogen-bond donors (Lipinski definition) is 0. The Morgan fingerprint density at radius 2 is 1.73 bits per heavy atom. The van der Waals surface area contributed by atoms with Crippen LogP contribution in [0.5, 0.6) is 0 Å². The topological polar surface area (TPSA) is 85.7 Å². The number of carbonyl (C=O) groups is 2. The zero-order chi connectivity index (χ0) is 22.1. The van der Waals surface area contributed by atoms with Gasteiger partial charge in [-0.05, 0) is 30.7 Å². The summed E-state index contributed by atoms with van der Waals surface area (Å²) in [6, 6.07) is 13.6. The summed E-state index contributed by atoms with van der Waals surface area (Å²) in [5.74, 6) is -0.600. The van der Waals surface area contributed by atoms with Crippen LogP contribution in [0, 0.1) is 0 Å². The average molecular weight is 429 g/mol. The van der Waals surface area contributed by atoms with Gasteiger partial charge < -0.3 is 14.2 Å². The number of esters is 1. The first-order valence-corrected chi connectivity index (χ1v) is 11.2. The van der Waals surface area contributed by atoms with Gasteiger partial charge in [-0.15, -0.1) is 0 Å². The van der Waals surface area contributed by atoms with Gasteiger partial charge in [-0.2, -0.15) is 0 Å². The molecule has 8 heteroatoms. The molecule has 0 fully saturated rings. The Kier molecular flexibility index (Phi) is 5.98. The molecule has 0 saturated carbocycles. The second-order valence-corrected chi connectivity index (χ2v) is 9.22. The van der Waals surface area contributed by atoms with Gasteiger partial charge in [0.2, 0.25) is 5.91 Å². The second kappa shape index (κ2) is 8.31. The highest BCUT2D eigenvalue weighted by atomic mass is 32.2. The largest absolute Gasteiger partial charge is 0.465 e. The number of rotatable bonds is 6. The summed E-state index contributed by atoms with van der Waals surface area (Å²) in [5.41, 5.74) is 2.00. The Morgan fingerprint density at radius 1 is 1.10 bits per heavy atom. The lowest BCUT2D eigenvalue weighted by atomic mass is 10.1. The van der Waals surface area contributed by atoms with E-state index in [1.807, 2.05) is 31.2 Å². The maximum atomic E-state index is 12.9. The highest BCUT2D eigenvalue weighted by molar-refractivity contribution is 7.90. The minimum absolute atomic E-state index is 0.0553. The van der Waals surface area contributed by atoms with Crippen molar-refractivity contribution in [1.82, 2.24) is 9.47 Å². The Morgan fingerprint density at radius 3 is 2.33 bits per heavy atom. The van der Waals surface area contributed by atoms with Crippen LogP contribution < -0.4 is 0 Å². The lowest BCUT2D eigenvalue weighted by Gasteiger charge is -2.26. The van der Waals surface area contributed by atoms with Crippen LogP contribution in [0.15, 0.2) is 59.6 Å². The van der Waals surface area contributed by atoms with E-state index in [0.717, 1.165) is 22.7 Å². The third-order valence-electron chi connectivity index (χ3n) is 5.26. The predicted molar refractivity (Wildman–Crippen MR) is 114 cm³/mol. The Balaban J connectivity index is 1.83. The van der Waals surface area contributed by atoms with Crippen molar-refractivity contribution < 1.29 is 22.7 Å². The highest BCUT2D eigenvalue weighted by Gasteiger charge is 2.21. The smallest absolute Gasteiger partial charge is 0.340 e. The van der Waals surface area contributed by atoms with Crippen molar-refractivity contribution in [1.29, 1.82) is 0 Å². The molecular weight excluding hydrogens is 404 g/mol. The van der Waals surface area contributed by atoms with E-state index in [1.54, 1.807) is 47.0 Å². The van der Waals surface area contributed by atoms with Gasteiger partial charge in [0.25, 0.3) is 0 Å².